The van der Waals surface area contributed by atoms with Crippen molar-refractivity contribution < 1.29 is 22.7 Å². The number of halogens is 3. The summed E-state index contributed by atoms with van der Waals surface area (Å²) in [5, 5.41) is 12.1. The highest BCUT2D eigenvalue weighted by molar-refractivity contribution is 6.16. The second-order valence-corrected chi connectivity index (χ2v) is 8.16. The van der Waals surface area contributed by atoms with Gasteiger partial charge in [-0.15, -0.1) is 0 Å². The first-order valence-corrected chi connectivity index (χ1v) is 11.2. The summed E-state index contributed by atoms with van der Waals surface area (Å²) in [5.41, 5.74) is 7.46. The molecule has 0 spiro atoms. The van der Waals surface area contributed by atoms with Gasteiger partial charge in [-0.2, -0.15) is 13.2 Å². The van der Waals surface area contributed by atoms with E-state index in [0.717, 1.165) is 31.5 Å². The van der Waals surface area contributed by atoms with Gasteiger partial charge in [0.05, 0.1) is 11.3 Å². The van der Waals surface area contributed by atoms with Crippen molar-refractivity contribution in [3.8, 4) is 11.5 Å². The average molecular weight is 501 g/mol. The molecule has 8 nitrogen and oxygen atoms in total. The third kappa shape index (κ3) is 7.97. The van der Waals surface area contributed by atoms with Gasteiger partial charge >= 0.3 is 6.18 Å². The van der Waals surface area contributed by atoms with E-state index < -0.39 is 6.18 Å². The maximum Gasteiger partial charge on any atom is 0.386 e. The molecular weight excluding hydrogens is 473 g/mol. The standard InChI is InChI=1S/C23H24N6O2.C2H3F3/c24-21(16-8-10-19(11-9-16)31-18-6-2-1-3-7-18)20-22(25)26-14-27-23(20)28-17-5-4-12-29(13-17)15-30;1-2(3,4)5/h1-3,6-11,14-15,17,24H,4-5,12-13H2,(H3,25,26,27,28);1H3. The molecule has 1 fully saturated rings. The summed E-state index contributed by atoms with van der Waals surface area (Å²) in [6, 6.07) is 16.8. The minimum absolute atomic E-state index is 0.0430. The molecule has 1 aliphatic heterocycles. The van der Waals surface area contributed by atoms with E-state index >= 15 is 0 Å². The molecule has 1 atom stereocenters. The number of anilines is 2. The van der Waals surface area contributed by atoms with E-state index in [9.17, 15) is 18.0 Å². The predicted molar refractivity (Wildman–Crippen MR) is 131 cm³/mol. The molecule has 1 amide bonds. The number of likely N-dealkylation sites (tertiary alicyclic amines) is 1. The smallest absolute Gasteiger partial charge is 0.386 e. The minimum Gasteiger partial charge on any atom is -0.457 e. The van der Waals surface area contributed by atoms with Crippen LogP contribution in [0.3, 0.4) is 0 Å². The molecule has 4 rings (SSSR count). The van der Waals surface area contributed by atoms with E-state index in [4.69, 9.17) is 15.9 Å². The summed E-state index contributed by atoms with van der Waals surface area (Å²) in [5.74, 6) is 2.15. The fraction of sp³-hybridized carbons (Fsp3) is 0.280. The molecule has 2 aromatic carbocycles. The number of rotatable bonds is 7. The zero-order chi connectivity index (χ0) is 26.1. The zero-order valence-electron chi connectivity index (χ0n) is 19.6. The average Bonchev–Trinajstić information content (AvgIpc) is 2.84. The molecule has 3 aromatic rings. The lowest BCUT2D eigenvalue weighted by Gasteiger charge is -2.31. The lowest BCUT2D eigenvalue weighted by molar-refractivity contribution is -0.119. The van der Waals surface area contributed by atoms with Gasteiger partial charge in [0.2, 0.25) is 6.41 Å². The van der Waals surface area contributed by atoms with Crippen molar-refractivity contribution in [2.75, 3.05) is 24.1 Å². The fourth-order valence-corrected chi connectivity index (χ4v) is 3.63. The van der Waals surface area contributed by atoms with Crippen molar-refractivity contribution in [3.63, 3.8) is 0 Å². The summed E-state index contributed by atoms with van der Waals surface area (Å²) in [7, 11) is 0. The number of alkyl halides is 3. The van der Waals surface area contributed by atoms with E-state index in [-0.39, 0.29) is 24.5 Å². The minimum atomic E-state index is -4.00. The molecule has 1 saturated heterocycles. The van der Waals surface area contributed by atoms with Gasteiger partial charge in [-0.1, -0.05) is 18.2 Å². The molecule has 1 unspecified atom stereocenters. The second-order valence-electron chi connectivity index (χ2n) is 8.16. The number of nitrogen functional groups attached to an aromatic ring is 1. The van der Waals surface area contributed by atoms with Crippen molar-refractivity contribution in [2.45, 2.75) is 32.0 Å². The second kappa shape index (κ2) is 12.0. The van der Waals surface area contributed by atoms with E-state index in [2.05, 4.69) is 15.3 Å². The van der Waals surface area contributed by atoms with Gasteiger partial charge < -0.3 is 20.7 Å². The number of nitrogens with zero attached hydrogens (tertiary/aromatic N) is 3. The van der Waals surface area contributed by atoms with Crippen LogP contribution in [0.2, 0.25) is 0 Å². The molecular formula is C25H27F3N6O2. The van der Waals surface area contributed by atoms with E-state index in [1.165, 1.54) is 6.33 Å². The van der Waals surface area contributed by atoms with Crippen LogP contribution < -0.4 is 15.8 Å². The van der Waals surface area contributed by atoms with Crippen LogP contribution in [0.1, 0.15) is 30.9 Å². The summed E-state index contributed by atoms with van der Waals surface area (Å²) < 4.78 is 36.9. The van der Waals surface area contributed by atoms with Gasteiger partial charge in [-0.3, -0.25) is 10.2 Å². The van der Waals surface area contributed by atoms with Crippen LogP contribution in [0.25, 0.3) is 0 Å². The Hall–Kier alpha value is -4.15. The molecule has 1 aromatic heterocycles. The van der Waals surface area contributed by atoms with Crippen LogP contribution in [0, 0.1) is 5.41 Å². The molecule has 36 heavy (non-hydrogen) atoms. The Balaban J connectivity index is 0.000000658. The Labute approximate surface area is 206 Å². The van der Waals surface area contributed by atoms with Gasteiger partial charge in [0.25, 0.3) is 0 Å². The van der Waals surface area contributed by atoms with E-state index in [1.54, 1.807) is 4.90 Å². The first-order valence-electron chi connectivity index (χ1n) is 11.2. The van der Waals surface area contributed by atoms with Gasteiger partial charge in [0.15, 0.2) is 0 Å². The molecule has 0 saturated carbocycles. The third-order valence-electron chi connectivity index (χ3n) is 5.19. The third-order valence-corrected chi connectivity index (χ3v) is 5.19. The number of hydrogen-bond donors (Lipinski definition) is 3. The lowest BCUT2D eigenvalue weighted by atomic mass is 10.0. The normalized spacial score (nSPS) is 15.3. The Morgan fingerprint density at radius 1 is 1.14 bits per heavy atom. The monoisotopic (exact) mass is 500 g/mol. The number of aromatic nitrogens is 2. The largest absolute Gasteiger partial charge is 0.457 e. The summed E-state index contributed by atoms with van der Waals surface area (Å²) in [4.78, 5) is 21.3. The number of hydrogen-bond acceptors (Lipinski definition) is 7. The SMILES string of the molecule is CC(F)(F)F.N=C(c1ccc(Oc2ccccc2)cc1)c1c(N)ncnc1NC1CCCN(C=O)C1. The number of piperidine rings is 1. The molecule has 11 heteroatoms. The van der Waals surface area contributed by atoms with Gasteiger partial charge in [-0.25, -0.2) is 9.97 Å². The number of nitrogens with two attached hydrogens (primary N) is 1. The topological polar surface area (TPSA) is 117 Å². The highest BCUT2D eigenvalue weighted by Gasteiger charge is 2.22. The number of benzene rings is 2. The number of amides is 1. The van der Waals surface area contributed by atoms with Crippen LogP contribution in [0.5, 0.6) is 11.5 Å². The Kier molecular flexibility index (Phi) is 8.82. The molecule has 1 aliphatic rings. The maximum absolute atomic E-state index is 11.1. The zero-order valence-corrected chi connectivity index (χ0v) is 19.6. The first kappa shape index (κ1) is 26.5. The fourth-order valence-electron chi connectivity index (χ4n) is 3.63. The maximum atomic E-state index is 11.1. The molecule has 0 aliphatic carbocycles. The number of carbonyl (C=O) groups is 1. The quantitative estimate of drug-likeness (QED) is 0.315. The van der Waals surface area contributed by atoms with Crippen LogP contribution in [-0.4, -0.2) is 52.3 Å². The Bertz CT molecular complexity index is 1150. The van der Waals surface area contributed by atoms with Crippen LogP contribution in [-0.2, 0) is 4.79 Å². The highest BCUT2D eigenvalue weighted by atomic mass is 19.4. The van der Waals surface area contributed by atoms with Crippen molar-refractivity contribution in [1.29, 1.82) is 5.41 Å². The molecule has 4 N–H and O–H groups in total. The van der Waals surface area contributed by atoms with Gasteiger partial charge in [-0.05, 0) is 49.2 Å². The molecule has 0 bridgehead atoms. The Morgan fingerprint density at radius 3 is 2.42 bits per heavy atom. The predicted octanol–water partition coefficient (Wildman–Crippen LogP) is 4.87. The van der Waals surface area contributed by atoms with E-state index in [0.29, 0.717) is 29.2 Å². The molecule has 190 valence electrons. The van der Waals surface area contributed by atoms with Crippen molar-refractivity contribution in [2.24, 2.45) is 0 Å². The van der Waals surface area contributed by atoms with Crippen LogP contribution in [0.4, 0.5) is 24.8 Å². The number of nitrogens with one attached hydrogen (secondary N) is 2. The number of para-hydroxylation sites is 1. The van der Waals surface area contributed by atoms with E-state index in [1.807, 2.05) is 54.6 Å². The number of ether oxygens (including phenoxy) is 1. The lowest BCUT2D eigenvalue weighted by Crippen LogP contribution is -2.41. The highest BCUT2D eigenvalue weighted by Crippen LogP contribution is 2.26. The van der Waals surface area contributed by atoms with Crippen LogP contribution >= 0.6 is 0 Å². The first-order chi connectivity index (χ1) is 17.1. The van der Waals surface area contributed by atoms with Crippen LogP contribution in [0.15, 0.2) is 60.9 Å². The van der Waals surface area contributed by atoms with Gasteiger partial charge in [0.1, 0.15) is 29.5 Å². The van der Waals surface area contributed by atoms with Crippen molar-refractivity contribution >= 4 is 23.8 Å². The van der Waals surface area contributed by atoms with Crippen molar-refractivity contribution in [1.82, 2.24) is 14.9 Å². The summed E-state index contributed by atoms with van der Waals surface area (Å²) in [6.07, 6.45) is 0.0644. The number of carbonyl (C=O) groups excluding carboxylic acids is 1. The molecule has 0 radical (unpaired) electrons. The Morgan fingerprint density at radius 2 is 1.78 bits per heavy atom. The molecule has 2 heterocycles. The van der Waals surface area contributed by atoms with Crippen molar-refractivity contribution in [3.05, 3.63) is 72.1 Å². The summed E-state index contributed by atoms with van der Waals surface area (Å²) in [6.45, 7) is 1.53. The summed E-state index contributed by atoms with van der Waals surface area (Å²) >= 11 is 0. The van der Waals surface area contributed by atoms with Gasteiger partial charge in [0, 0.05) is 31.6 Å².